The lowest BCUT2D eigenvalue weighted by Crippen LogP contribution is -1.84. The molecule has 4 heteroatoms. The van der Waals surface area contributed by atoms with Gasteiger partial charge in [0.25, 0.3) is 0 Å². The van der Waals surface area contributed by atoms with E-state index in [4.69, 9.17) is 5.11 Å². The van der Waals surface area contributed by atoms with Crippen molar-refractivity contribution in [2.75, 3.05) is 0 Å². The number of thiophene rings is 1. The molecule has 3 nitrogen and oxygen atoms in total. The molecule has 2 aromatic rings. The number of nitrogens with one attached hydrogen (secondary N) is 1. The summed E-state index contributed by atoms with van der Waals surface area (Å²) in [6.07, 6.45) is 1.73. The van der Waals surface area contributed by atoms with Crippen molar-refractivity contribution in [2.45, 2.75) is 6.61 Å². The number of aliphatic hydroxyl groups is 1. The van der Waals surface area contributed by atoms with Gasteiger partial charge in [-0.25, -0.2) is 4.98 Å². The summed E-state index contributed by atoms with van der Waals surface area (Å²) in [5, 5.41) is 12.8. The first-order valence-corrected chi connectivity index (χ1v) is 4.52. The second-order valence-corrected chi connectivity index (χ2v) is 3.19. The molecule has 0 saturated heterocycles. The van der Waals surface area contributed by atoms with Crippen molar-refractivity contribution >= 4 is 11.3 Å². The van der Waals surface area contributed by atoms with Gasteiger partial charge in [-0.15, -0.1) is 0 Å². The van der Waals surface area contributed by atoms with E-state index in [0.29, 0.717) is 5.82 Å². The van der Waals surface area contributed by atoms with E-state index < -0.39 is 0 Å². The van der Waals surface area contributed by atoms with Crippen molar-refractivity contribution < 1.29 is 5.11 Å². The summed E-state index contributed by atoms with van der Waals surface area (Å²) in [4.78, 5) is 7.00. The van der Waals surface area contributed by atoms with E-state index in [2.05, 4.69) is 9.97 Å². The number of aromatic nitrogens is 2. The van der Waals surface area contributed by atoms with Gasteiger partial charge in [-0.05, 0) is 11.4 Å². The highest BCUT2D eigenvalue weighted by Crippen LogP contribution is 2.19. The predicted molar refractivity (Wildman–Crippen MR) is 47.8 cm³/mol. The van der Waals surface area contributed by atoms with Gasteiger partial charge in [0.2, 0.25) is 0 Å². The third-order valence-corrected chi connectivity index (χ3v) is 2.29. The summed E-state index contributed by atoms with van der Waals surface area (Å²) in [5.74, 6) is 0.608. The Morgan fingerprint density at radius 3 is 3.08 bits per heavy atom. The Morgan fingerprint density at radius 2 is 2.50 bits per heavy atom. The van der Waals surface area contributed by atoms with Crippen LogP contribution in [-0.4, -0.2) is 15.1 Å². The zero-order chi connectivity index (χ0) is 8.39. The Kier molecular flexibility index (Phi) is 1.93. The van der Waals surface area contributed by atoms with Gasteiger partial charge in [0.1, 0.15) is 12.4 Å². The Hall–Kier alpha value is -1.13. The fourth-order valence-corrected chi connectivity index (χ4v) is 1.66. The van der Waals surface area contributed by atoms with Crippen molar-refractivity contribution in [1.82, 2.24) is 9.97 Å². The fourth-order valence-electron chi connectivity index (χ4n) is 1.01. The molecule has 62 valence electrons. The maximum absolute atomic E-state index is 8.76. The SMILES string of the molecule is OCc1ncc(-c2ccsc2)[nH]1. The lowest BCUT2D eigenvalue weighted by atomic mass is 10.3. The van der Waals surface area contributed by atoms with Crippen LogP contribution in [0.4, 0.5) is 0 Å². The highest BCUT2D eigenvalue weighted by Gasteiger charge is 2.01. The molecule has 0 bridgehead atoms. The zero-order valence-electron chi connectivity index (χ0n) is 6.32. The molecular weight excluding hydrogens is 172 g/mol. The summed E-state index contributed by atoms with van der Waals surface area (Å²) in [5.41, 5.74) is 2.08. The van der Waals surface area contributed by atoms with E-state index in [1.54, 1.807) is 17.5 Å². The van der Waals surface area contributed by atoms with Crippen LogP contribution in [0.5, 0.6) is 0 Å². The molecule has 0 aliphatic carbocycles. The number of rotatable bonds is 2. The standard InChI is InChI=1S/C8H8N2OS/c11-4-8-9-3-7(10-8)6-1-2-12-5-6/h1-3,5,11H,4H2,(H,9,10). The molecule has 0 spiro atoms. The molecule has 0 aromatic carbocycles. The van der Waals surface area contributed by atoms with Gasteiger partial charge in [0.05, 0.1) is 11.9 Å². The van der Waals surface area contributed by atoms with Gasteiger partial charge in [-0.1, -0.05) is 0 Å². The summed E-state index contributed by atoms with van der Waals surface area (Å²) in [7, 11) is 0. The number of hydrogen-bond donors (Lipinski definition) is 2. The van der Waals surface area contributed by atoms with E-state index in [1.807, 2.05) is 16.8 Å². The number of aromatic amines is 1. The van der Waals surface area contributed by atoms with Crippen LogP contribution in [0.25, 0.3) is 11.3 Å². The number of H-pyrrole nitrogens is 1. The summed E-state index contributed by atoms with van der Waals surface area (Å²) in [6.45, 7) is -0.0376. The third kappa shape index (κ3) is 1.26. The lowest BCUT2D eigenvalue weighted by Gasteiger charge is -1.88. The third-order valence-electron chi connectivity index (χ3n) is 1.61. The van der Waals surface area contributed by atoms with E-state index in [9.17, 15) is 0 Å². The molecule has 2 heterocycles. The maximum Gasteiger partial charge on any atom is 0.132 e. The minimum atomic E-state index is -0.0376. The van der Waals surface area contributed by atoms with E-state index >= 15 is 0 Å². The molecule has 2 N–H and O–H groups in total. The van der Waals surface area contributed by atoms with E-state index in [1.165, 1.54) is 0 Å². The van der Waals surface area contributed by atoms with Crippen LogP contribution < -0.4 is 0 Å². The van der Waals surface area contributed by atoms with Gasteiger partial charge in [-0.2, -0.15) is 11.3 Å². The van der Waals surface area contributed by atoms with Crippen LogP contribution in [0.1, 0.15) is 5.82 Å². The Morgan fingerprint density at radius 1 is 1.58 bits per heavy atom. The van der Waals surface area contributed by atoms with Crippen LogP contribution in [0.3, 0.4) is 0 Å². The Balaban J connectivity index is 2.35. The molecule has 0 aliphatic rings. The van der Waals surface area contributed by atoms with Crippen molar-refractivity contribution in [1.29, 1.82) is 0 Å². The summed E-state index contributed by atoms with van der Waals surface area (Å²) in [6, 6.07) is 2.01. The first kappa shape index (κ1) is 7.52. The zero-order valence-corrected chi connectivity index (χ0v) is 7.14. The molecule has 2 aromatic heterocycles. The Bertz CT molecular complexity index is 353. The highest BCUT2D eigenvalue weighted by atomic mass is 32.1. The van der Waals surface area contributed by atoms with Gasteiger partial charge in [0, 0.05) is 10.9 Å². The molecule has 0 radical (unpaired) electrons. The normalized spacial score (nSPS) is 10.4. The molecule has 12 heavy (non-hydrogen) atoms. The summed E-state index contributed by atoms with van der Waals surface area (Å²) < 4.78 is 0. The maximum atomic E-state index is 8.76. The summed E-state index contributed by atoms with van der Waals surface area (Å²) >= 11 is 1.64. The first-order valence-electron chi connectivity index (χ1n) is 3.57. The van der Waals surface area contributed by atoms with Gasteiger partial charge < -0.3 is 10.1 Å². The highest BCUT2D eigenvalue weighted by molar-refractivity contribution is 7.08. The molecule has 0 fully saturated rings. The van der Waals surface area contributed by atoms with Crippen molar-refractivity contribution in [3.05, 3.63) is 28.8 Å². The second kappa shape index (κ2) is 3.08. The first-order chi connectivity index (χ1) is 5.90. The van der Waals surface area contributed by atoms with Crippen LogP contribution in [0.15, 0.2) is 23.0 Å². The fraction of sp³-hybridized carbons (Fsp3) is 0.125. The topological polar surface area (TPSA) is 48.9 Å². The van der Waals surface area contributed by atoms with Gasteiger partial charge in [-0.3, -0.25) is 0 Å². The van der Waals surface area contributed by atoms with Crippen LogP contribution in [0, 0.1) is 0 Å². The van der Waals surface area contributed by atoms with Crippen LogP contribution in [-0.2, 0) is 6.61 Å². The number of aliphatic hydroxyl groups excluding tert-OH is 1. The van der Waals surface area contributed by atoms with E-state index in [-0.39, 0.29) is 6.61 Å². The Labute approximate surface area is 73.7 Å². The van der Waals surface area contributed by atoms with Gasteiger partial charge in [0.15, 0.2) is 0 Å². The predicted octanol–water partition coefficient (Wildman–Crippen LogP) is 1.63. The smallest absolute Gasteiger partial charge is 0.132 e. The molecule has 0 unspecified atom stereocenters. The minimum absolute atomic E-state index is 0.0376. The molecule has 0 saturated carbocycles. The molecular formula is C8H8N2OS. The van der Waals surface area contributed by atoms with Crippen molar-refractivity contribution in [2.24, 2.45) is 0 Å². The van der Waals surface area contributed by atoms with Crippen molar-refractivity contribution in [3.8, 4) is 11.3 Å². The lowest BCUT2D eigenvalue weighted by molar-refractivity contribution is 0.272. The molecule has 0 amide bonds. The monoisotopic (exact) mass is 180 g/mol. The number of nitrogens with zero attached hydrogens (tertiary/aromatic N) is 1. The van der Waals surface area contributed by atoms with Crippen LogP contribution >= 0.6 is 11.3 Å². The molecule has 0 atom stereocenters. The van der Waals surface area contributed by atoms with E-state index in [0.717, 1.165) is 11.3 Å². The number of hydrogen-bond acceptors (Lipinski definition) is 3. The number of imidazole rings is 1. The molecule has 2 rings (SSSR count). The van der Waals surface area contributed by atoms with Crippen LogP contribution in [0.2, 0.25) is 0 Å². The average molecular weight is 180 g/mol. The average Bonchev–Trinajstić information content (AvgIpc) is 2.75. The quantitative estimate of drug-likeness (QED) is 0.738. The van der Waals surface area contributed by atoms with Crippen molar-refractivity contribution in [3.63, 3.8) is 0 Å². The minimum Gasteiger partial charge on any atom is -0.388 e. The second-order valence-electron chi connectivity index (χ2n) is 2.41. The van der Waals surface area contributed by atoms with Gasteiger partial charge >= 0.3 is 0 Å². The molecule has 0 aliphatic heterocycles. The largest absolute Gasteiger partial charge is 0.388 e.